The Balaban J connectivity index is 1.49. The molecule has 1 fully saturated rings. The smallest absolute Gasteiger partial charge is 0.226 e. The summed E-state index contributed by atoms with van der Waals surface area (Å²) >= 11 is 0. The third-order valence-corrected chi connectivity index (χ3v) is 5.11. The monoisotopic (exact) mass is 350 g/mol. The van der Waals surface area contributed by atoms with Crippen LogP contribution in [0.25, 0.3) is 11.5 Å². The molecule has 4 rings (SSSR count). The first-order valence-electron chi connectivity index (χ1n) is 9.18. The van der Waals surface area contributed by atoms with Crippen LogP contribution in [0.3, 0.4) is 0 Å². The van der Waals surface area contributed by atoms with E-state index in [9.17, 15) is 4.39 Å². The van der Waals surface area contributed by atoms with Crippen LogP contribution in [0.1, 0.15) is 35.8 Å². The molecule has 1 aliphatic heterocycles. The average Bonchev–Trinajstić information content (AvgIpc) is 3.03. The SMILES string of the molecule is Cc1oc(-c2cccc(F)c2)nc1CN1CCCC(c2ccccc2)C1. The Labute approximate surface area is 153 Å². The third-order valence-electron chi connectivity index (χ3n) is 5.11. The van der Waals surface area contributed by atoms with Gasteiger partial charge in [0.15, 0.2) is 0 Å². The van der Waals surface area contributed by atoms with Crippen LogP contribution < -0.4 is 0 Å². The Hall–Kier alpha value is -2.46. The van der Waals surface area contributed by atoms with Crippen LogP contribution in [0.15, 0.2) is 59.0 Å². The van der Waals surface area contributed by atoms with E-state index in [0.29, 0.717) is 17.4 Å². The molecule has 1 unspecified atom stereocenters. The van der Waals surface area contributed by atoms with Gasteiger partial charge in [-0.1, -0.05) is 36.4 Å². The van der Waals surface area contributed by atoms with Crippen molar-refractivity contribution in [2.45, 2.75) is 32.2 Å². The van der Waals surface area contributed by atoms with Crippen LogP contribution in [-0.2, 0) is 6.54 Å². The summed E-state index contributed by atoms with van der Waals surface area (Å²) in [5, 5.41) is 0. The van der Waals surface area contributed by atoms with E-state index in [2.05, 4.69) is 40.2 Å². The minimum absolute atomic E-state index is 0.276. The fraction of sp³-hybridized carbons (Fsp3) is 0.318. The van der Waals surface area contributed by atoms with Crippen molar-refractivity contribution >= 4 is 0 Å². The van der Waals surface area contributed by atoms with Crippen LogP contribution in [0.5, 0.6) is 0 Å². The summed E-state index contributed by atoms with van der Waals surface area (Å²) < 4.78 is 19.3. The molecule has 2 heterocycles. The molecule has 134 valence electrons. The van der Waals surface area contributed by atoms with Gasteiger partial charge in [-0.25, -0.2) is 9.37 Å². The molecule has 4 heteroatoms. The second-order valence-corrected chi connectivity index (χ2v) is 7.02. The highest BCUT2D eigenvalue weighted by atomic mass is 19.1. The molecule has 0 saturated carbocycles. The fourth-order valence-corrected chi connectivity index (χ4v) is 3.73. The quantitative estimate of drug-likeness (QED) is 0.650. The standard InChI is InChI=1S/C22H23FN2O/c1-16-21(24-22(26-16)18-9-5-11-20(23)13-18)15-25-12-6-10-19(14-25)17-7-3-2-4-8-17/h2-5,7-9,11,13,19H,6,10,12,14-15H2,1H3. The van der Waals surface area contributed by atoms with Gasteiger partial charge in [-0.15, -0.1) is 0 Å². The number of hydrogen-bond donors (Lipinski definition) is 0. The number of nitrogens with zero attached hydrogens (tertiary/aromatic N) is 2. The van der Waals surface area contributed by atoms with E-state index in [0.717, 1.165) is 31.1 Å². The van der Waals surface area contributed by atoms with Crippen LogP contribution in [0.4, 0.5) is 4.39 Å². The van der Waals surface area contributed by atoms with Gasteiger partial charge >= 0.3 is 0 Å². The van der Waals surface area contributed by atoms with E-state index < -0.39 is 0 Å². The summed E-state index contributed by atoms with van der Waals surface area (Å²) in [7, 11) is 0. The molecule has 0 N–H and O–H groups in total. The van der Waals surface area contributed by atoms with Crippen molar-refractivity contribution in [3.63, 3.8) is 0 Å². The van der Waals surface area contributed by atoms with E-state index in [4.69, 9.17) is 4.42 Å². The molecule has 26 heavy (non-hydrogen) atoms. The molecule has 0 radical (unpaired) electrons. The molecule has 1 saturated heterocycles. The van der Waals surface area contributed by atoms with Crippen molar-refractivity contribution in [2.24, 2.45) is 0 Å². The van der Waals surface area contributed by atoms with Crippen molar-refractivity contribution in [2.75, 3.05) is 13.1 Å². The maximum Gasteiger partial charge on any atom is 0.226 e. The molecule has 0 spiro atoms. The molecule has 0 bridgehead atoms. The molecule has 1 atom stereocenters. The molecule has 0 aliphatic carbocycles. The maximum atomic E-state index is 13.5. The molecule has 1 aliphatic rings. The highest BCUT2D eigenvalue weighted by Crippen LogP contribution is 2.29. The number of piperidine rings is 1. The second kappa shape index (κ2) is 7.42. The van der Waals surface area contributed by atoms with E-state index in [1.54, 1.807) is 6.07 Å². The van der Waals surface area contributed by atoms with Gasteiger partial charge in [-0.05, 0) is 56.0 Å². The lowest BCUT2D eigenvalue weighted by molar-refractivity contribution is 0.197. The first kappa shape index (κ1) is 17.0. The molecular formula is C22H23FN2O. The van der Waals surface area contributed by atoms with Gasteiger partial charge in [0.25, 0.3) is 0 Å². The summed E-state index contributed by atoms with van der Waals surface area (Å²) in [5.41, 5.74) is 3.03. The van der Waals surface area contributed by atoms with Crippen LogP contribution >= 0.6 is 0 Å². The van der Waals surface area contributed by atoms with Crippen molar-refractivity contribution < 1.29 is 8.81 Å². The fourth-order valence-electron chi connectivity index (χ4n) is 3.73. The van der Waals surface area contributed by atoms with Crippen molar-refractivity contribution in [3.05, 3.63) is 77.4 Å². The van der Waals surface area contributed by atoms with Crippen molar-refractivity contribution in [3.8, 4) is 11.5 Å². The van der Waals surface area contributed by atoms with Gasteiger partial charge in [0.2, 0.25) is 5.89 Å². The number of benzene rings is 2. The summed E-state index contributed by atoms with van der Waals surface area (Å²) in [6.07, 6.45) is 2.42. The zero-order valence-electron chi connectivity index (χ0n) is 15.0. The zero-order chi connectivity index (χ0) is 17.9. The lowest BCUT2D eigenvalue weighted by Gasteiger charge is -2.32. The van der Waals surface area contributed by atoms with Gasteiger partial charge in [0.05, 0.1) is 5.69 Å². The number of rotatable bonds is 4. The molecular weight excluding hydrogens is 327 g/mol. The molecule has 3 nitrogen and oxygen atoms in total. The molecule has 1 aromatic heterocycles. The predicted octanol–water partition coefficient (Wildman–Crippen LogP) is 5.17. The topological polar surface area (TPSA) is 29.3 Å². The summed E-state index contributed by atoms with van der Waals surface area (Å²) in [4.78, 5) is 7.08. The molecule has 2 aromatic carbocycles. The van der Waals surface area contributed by atoms with E-state index in [1.165, 1.54) is 30.5 Å². The van der Waals surface area contributed by atoms with Crippen molar-refractivity contribution in [1.82, 2.24) is 9.88 Å². The highest BCUT2D eigenvalue weighted by Gasteiger charge is 2.23. The Morgan fingerprint density at radius 3 is 2.81 bits per heavy atom. The first-order chi connectivity index (χ1) is 12.7. The summed E-state index contributed by atoms with van der Waals surface area (Å²) in [6, 6.07) is 17.1. The minimum atomic E-state index is -0.276. The van der Waals surface area contributed by atoms with E-state index in [-0.39, 0.29) is 5.82 Å². The number of aryl methyl sites for hydroxylation is 1. The minimum Gasteiger partial charge on any atom is -0.441 e. The average molecular weight is 350 g/mol. The largest absolute Gasteiger partial charge is 0.441 e. The summed E-state index contributed by atoms with van der Waals surface area (Å²) in [6.45, 7) is 4.81. The number of oxazole rings is 1. The maximum absolute atomic E-state index is 13.5. The van der Waals surface area contributed by atoms with Gasteiger partial charge in [-0.2, -0.15) is 0 Å². The van der Waals surface area contributed by atoms with Gasteiger partial charge in [0, 0.05) is 18.7 Å². The second-order valence-electron chi connectivity index (χ2n) is 7.02. The van der Waals surface area contributed by atoms with E-state index in [1.807, 2.05) is 13.0 Å². The third kappa shape index (κ3) is 3.70. The zero-order valence-corrected chi connectivity index (χ0v) is 15.0. The van der Waals surface area contributed by atoms with Gasteiger partial charge < -0.3 is 4.42 Å². The van der Waals surface area contributed by atoms with E-state index >= 15 is 0 Å². The number of hydrogen-bond acceptors (Lipinski definition) is 3. The highest BCUT2D eigenvalue weighted by molar-refractivity contribution is 5.53. The summed E-state index contributed by atoms with van der Waals surface area (Å²) in [5.74, 6) is 1.60. The van der Waals surface area contributed by atoms with Crippen LogP contribution in [-0.4, -0.2) is 23.0 Å². The van der Waals surface area contributed by atoms with Crippen LogP contribution in [0, 0.1) is 12.7 Å². The molecule has 3 aromatic rings. The predicted molar refractivity (Wildman–Crippen MR) is 100 cm³/mol. The lowest BCUT2D eigenvalue weighted by atomic mass is 9.90. The number of aromatic nitrogens is 1. The normalized spacial score (nSPS) is 18.2. The Morgan fingerprint density at radius 1 is 1.15 bits per heavy atom. The Morgan fingerprint density at radius 2 is 2.00 bits per heavy atom. The Bertz CT molecular complexity index is 875. The van der Waals surface area contributed by atoms with Gasteiger partial charge in [-0.3, -0.25) is 4.90 Å². The number of halogens is 1. The van der Waals surface area contributed by atoms with Crippen molar-refractivity contribution in [1.29, 1.82) is 0 Å². The number of likely N-dealkylation sites (tertiary alicyclic amines) is 1. The first-order valence-corrected chi connectivity index (χ1v) is 9.18. The Kier molecular flexibility index (Phi) is 4.85. The molecule has 0 amide bonds. The lowest BCUT2D eigenvalue weighted by Crippen LogP contribution is -2.34. The van der Waals surface area contributed by atoms with Crippen LogP contribution in [0.2, 0.25) is 0 Å². The van der Waals surface area contributed by atoms with Gasteiger partial charge in [0.1, 0.15) is 11.6 Å².